The zero-order valence-electron chi connectivity index (χ0n) is 9.60. The number of likely N-dealkylation sites (N-methyl/N-ethyl adjacent to an activating group) is 1. The van der Waals surface area contributed by atoms with Crippen LogP contribution in [0.15, 0.2) is 30.3 Å². The molecule has 16 heavy (non-hydrogen) atoms. The minimum Gasteiger partial charge on any atom is -0.297 e. The SMILES string of the molecule is CN1[C@H]2CC[C@@H]1C(=O)[C@H](c1ccccc1)C2. The molecule has 3 rings (SSSR count). The van der Waals surface area contributed by atoms with Gasteiger partial charge in [-0.1, -0.05) is 30.3 Å². The maximum absolute atomic E-state index is 12.4. The largest absolute Gasteiger partial charge is 0.297 e. The van der Waals surface area contributed by atoms with Gasteiger partial charge in [-0.05, 0) is 31.9 Å². The number of benzene rings is 1. The first-order chi connectivity index (χ1) is 7.77. The van der Waals surface area contributed by atoms with Crippen LogP contribution in [0.4, 0.5) is 0 Å². The van der Waals surface area contributed by atoms with E-state index in [4.69, 9.17) is 0 Å². The number of carbonyl (C=O) groups excluding carboxylic acids is 1. The molecule has 84 valence electrons. The lowest BCUT2D eigenvalue weighted by Crippen LogP contribution is -2.46. The Morgan fingerprint density at radius 3 is 2.69 bits per heavy atom. The van der Waals surface area contributed by atoms with Gasteiger partial charge in [0.2, 0.25) is 0 Å². The molecule has 0 radical (unpaired) electrons. The van der Waals surface area contributed by atoms with Crippen LogP contribution in [-0.4, -0.2) is 29.8 Å². The minimum atomic E-state index is 0.148. The Kier molecular flexibility index (Phi) is 2.32. The van der Waals surface area contributed by atoms with Gasteiger partial charge in [-0.3, -0.25) is 9.69 Å². The van der Waals surface area contributed by atoms with Gasteiger partial charge in [0.1, 0.15) is 0 Å². The lowest BCUT2D eigenvalue weighted by molar-refractivity contribution is -0.127. The van der Waals surface area contributed by atoms with Crippen molar-refractivity contribution in [3.63, 3.8) is 0 Å². The van der Waals surface area contributed by atoms with Gasteiger partial charge < -0.3 is 0 Å². The first-order valence-corrected chi connectivity index (χ1v) is 6.08. The lowest BCUT2D eigenvalue weighted by atomic mass is 9.84. The van der Waals surface area contributed by atoms with E-state index >= 15 is 0 Å². The lowest BCUT2D eigenvalue weighted by Gasteiger charge is -2.35. The number of piperidine rings is 1. The molecular weight excluding hydrogens is 198 g/mol. The number of ketones is 1. The topological polar surface area (TPSA) is 20.3 Å². The molecule has 2 aliphatic rings. The van der Waals surface area contributed by atoms with Crippen LogP contribution in [-0.2, 0) is 4.79 Å². The number of nitrogens with zero attached hydrogens (tertiary/aromatic N) is 1. The second-order valence-corrected chi connectivity index (χ2v) is 5.01. The second-order valence-electron chi connectivity index (χ2n) is 5.01. The van der Waals surface area contributed by atoms with Gasteiger partial charge in [-0.15, -0.1) is 0 Å². The van der Waals surface area contributed by atoms with Crippen molar-refractivity contribution >= 4 is 5.78 Å². The Hall–Kier alpha value is -1.15. The van der Waals surface area contributed by atoms with Crippen LogP contribution in [0.25, 0.3) is 0 Å². The summed E-state index contributed by atoms with van der Waals surface area (Å²) in [6.07, 6.45) is 3.26. The monoisotopic (exact) mass is 215 g/mol. The molecule has 0 saturated carbocycles. The first kappa shape index (κ1) is 10.0. The van der Waals surface area contributed by atoms with Gasteiger partial charge in [0.05, 0.1) is 6.04 Å². The molecule has 0 unspecified atom stereocenters. The molecule has 2 saturated heterocycles. The van der Waals surface area contributed by atoms with Crippen molar-refractivity contribution < 1.29 is 4.79 Å². The van der Waals surface area contributed by atoms with Crippen molar-refractivity contribution in [1.29, 1.82) is 0 Å². The number of carbonyl (C=O) groups is 1. The van der Waals surface area contributed by atoms with Crippen LogP contribution in [0.5, 0.6) is 0 Å². The normalized spacial score (nSPS) is 34.3. The maximum Gasteiger partial charge on any atom is 0.157 e. The molecule has 2 bridgehead atoms. The molecule has 3 atom stereocenters. The third kappa shape index (κ3) is 1.40. The number of hydrogen-bond acceptors (Lipinski definition) is 2. The number of rotatable bonds is 1. The molecule has 2 fully saturated rings. The number of hydrogen-bond donors (Lipinski definition) is 0. The predicted octanol–water partition coefficient (Wildman–Crippen LogP) is 2.21. The van der Waals surface area contributed by atoms with Crippen molar-refractivity contribution in [1.82, 2.24) is 4.90 Å². The quantitative estimate of drug-likeness (QED) is 0.716. The summed E-state index contributed by atoms with van der Waals surface area (Å²) in [5.74, 6) is 0.581. The van der Waals surface area contributed by atoms with Crippen LogP contribution in [0.3, 0.4) is 0 Å². The van der Waals surface area contributed by atoms with Crippen LogP contribution in [0.2, 0.25) is 0 Å². The fraction of sp³-hybridized carbons (Fsp3) is 0.500. The van der Waals surface area contributed by atoms with Gasteiger partial charge in [0, 0.05) is 12.0 Å². The molecule has 0 N–H and O–H groups in total. The highest BCUT2D eigenvalue weighted by Crippen LogP contribution is 2.39. The van der Waals surface area contributed by atoms with Crippen LogP contribution in [0.1, 0.15) is 30.7 Å². The summed E-state index contributed by atoms with van der Waals surface area (Å²) in [6, 6.07) is 11.1. The average molecular weight is 215 g/mol. The number of fused-ring (bicyclic) bond motifs is 2. The van der Waals surface area contributed by atoms with Crippen molar-refractivity contribution in [2.75, 3.05) is 7.05 Å². The van der Waals surface area contributed by atoms with E-state index in [1.54, 1.807) is 0 Å². The molecule has 2 heteroatoms. The summed E-state index contributed by atoms with van der Waals surface area (Å²) in [4.78, 5) is 14.6. The second kappa shape index (κ2) is 3.70. The highest BCUT2D eigenvalue weighted by atomic mass is 16.1. The zero-order chi connectivity index (χ0) is 11.1. The molecule has 0 aromatic heterocycles. The van der Waals surface area contributed by atoms with Crippen molar-refractivity contribution in [2.45, 2.75) is 37.3 Å². The van der Waals surface area contributed by atoms with Crippen LogP contribution >= 0.6 is 0 Å². The molecule has 1 aromatic rings. The van der Waals surface area contributed by atoms with E-state index < -0.39 is 0 Å². The standard InChI is InChI=1S/C14H17NO/c1-15-11-7-8-13(15)14(16)12(9-11)10-5-3-2-4-6-10/h2-6,11-13H,7-9H2,1H3/t11-,12-,13+/m0/s1. The fourth-order valence-electron chi connectivity index (χ4n) is 3.25. The van der Waals surface area contributed by atoms with Gasteiger partial charge >= 0.3 is 0 Å². The number of Topliss-reactive ketones (excluding diaryl/α,β-unsaturated/α-hetero) is 1. The van der Waals surface area contributed by atoms with Crippen LogP contribution < -0.4 is 0 Å². The average Bonchev–Trinajstić information content (AvgIpc) is 2.57. The smallest absolute Gasteiger partial charge is 0.157 e. The van der Waals surface area contributed by atoms with Crippen LogP contribution in [0, 0.1) is 0 Å². The Labute approximate surface area is 96.3 Å². The summed E-state index contributed by atoms with van der Waals surface area (Å²) in [5.41, 5.74) is 1.21. The summed E-state index contributed by atoms with van der Waals surface area (Å²) in [5, 5.41) is 0. The third-order valence-electron chi connectivity index (χ3n) is 4.22. The summed E-state index contributed by atoms with van der Waals surface area (Å²) < 4.78 is 0. The maximum atomic E-state index is 12.4. The fourth-order valence-corrected chi connectivity index (χ4v) is 3.25. The minimum absolute atomic E-state index is 0.148. The Bertz CT molecular complexity index is 400. The Morgan fingerprint density at radius 2 is 1.94 bits per heavy atom. The van der Waals surface area contributed by atoms with Gasteiger partial charge in [0.25, 0.3) is 0 Å². The van der Waals surface area contributed by atoms with Crippen molar-refractivity contribution in [2.24, 2.45) is 0 Å². The van der Waals surface area contributed by atoms with Crippen molar-refractivity contribution in [3.05, 3.63) is 35.9 Å². The van der Waals surface area contributed by atoms with Gasteiger partial charge in [-0.2, -0.15) is 0 Å². The molecule has 0 spiro atoms. The van der Waals surface area contributed by atoms with E-state index in [1.807, 2.05) is 18.2 Å². The molecule has 0 amide bonds. The summed E-state index contributed by atoms with van der Waals surface area (Å²) in [6.45, 7) is 0. The molecular formula is C14H17NO. The molecule has 2 aliphatic heterocycles. The van der Waals surface area contributed by atoms with Gasteiger partial charge in [0.15, 0.2) is 5.78 Å². The predicted molar refractivity (Wildman–Crippen MR) is 63.4 cm³/mol. The van der Waals surface area contributed by atoms with E-state index in [1.165, 1.54) is 12.0 Å². The molecule has 1 aromatic carbocycles. The molecule has 0 aliphatic carbocycles. The Morgan fingerprint density at radius 1 is 1.19 bits per heavy atom. The van der Waals surface area contributed by atoms with E-state index in [0.29, 0.717) is 11.8 Å². The highest BCUT2D eigenvalue weighted by Gasteiger charge is 2.44. The molecule has 2 heterocycles. The summed E-state index contributed by atoms with van der Waals surface area (Å²) in [7, 11) is 2.10. The Balaban J connectivity index is 1.91. The van der Waals surface area contributed by atoms with E-state index in [0.717, 1.165) is 12.8 Å². The third-order valence-corrected chi connectivity index (χ3v) is 4.22. The van der Waals surface area contributed by atoms with Gasteiger partial charge in [-0.25, -0.2) is 0 Å². The zero-order valence-corrected chi connectivity index (χ0v) is 9.60. The molecule has 2 nitrogen and oxygen atoms in total. The highest BCUT2D eigenvalue weighted by molar-refractivity contribution is 5.91. The van der Waals surface area contributed by atoms with E-state index in [-0.39, 0.29) is 12.0 Å². The first-order valence-electron chi connectivity index (χ1n) is 6.08. The summed E-state index contributed by atoms with van der Waals surface area (Å²) >= 11 is 0. The van der Waals surface area contributed by atoms with E-state index in [9.17, 15) is 4.79 Å². The van der Waals surface area contributed by atoms with Crippen molar-refractivity contribution in [3.8, 4) is 0 Å². The van der Waals surface area contributed by atoms with E-state index in [2.05, 4.69) is 24.1 Å².